The summed E-state index contributed by atoms with van der Waals surface area (Å²) in [6, 6.07) is 10.7. The van der Waals surface area contributed by atoms with Crippen molar-refractivity contribution < 1.29 is 14.6 Å². The number of aryl methyl sites for hydroxylation is 1. The second-order valence-corrected chi connectivity index (χ2v) is 5.44. The summed E-state index contributed by atoms with van der Waals surface area (Å²) in [6.07, 6.45) is 0. The highest BCUT2D eigenvalue weighted by molar-refractivity contribution is 6.30. The van der Waals surface area contributed by atoms with E-state index in [0.29, 0.717) is 22.7 Å². The van der Waals surface area contributed by atoms with Crippen LogP contribution in [0.4, 0.5) is 5.69 Å². The van der Waals surface area contributed by atoms with Gasteiger partial charge < -0.3 is 14.7 Å². The van der Waals surface area contributed by atoms with E-state index in [2.05, 4.69) is 0 Å². The molecule has 0 saturated carbocycles. The molecule has 0 radical (unpaired) electrons. The summed E-state index contributed by atoms with van der Waals surface area (Å²) in [5.74, 6) is -0.109. The molecule has 2 aromatic rings. The second kappa shape index (κ2) is 5.30. The van der Waals surface area contributed by atoms with Gasteiger partial charge in [0, 0.05) is 17.1 Å². The number of halogens is 1. The monoisotopic (exact) mass is 303 g/mol. The molecule has 0 aliphatic carbocycles. The quantitative estimate of drug-likeness (QED) is 0.863. The molecule has 21 heavy (non-hydrogen) atoms. The summed E-state index contributed by atoms with van der Waals surface area (Å²) in [6.45, 7) is 2.37. The molecule has 1 N–H and O–H groups in total. The Morgan fingerprint density at radius 1 is 1.33 bits per heavy atom. The lowest BCUT2D eigenvalue weighted by Crippen LogP contribution is -2.33. The van der Waals surface area contributed by atoms with Gasteiger partial charge in [-0.05, 0) is 36.8 Å². The molecule has 3 rings (SSSR count). The lowest BCUT2D eigenvalue weighted by atomic mass is 10.1. The molecule has 0 fully saturated rings. The van der Waals surface area contributed by atoms with E-state index in [1.54, 1.807) is 31.2 Å². The van der Waals surface area contributed by atoms with E-state index in [1.807, 2.05) is 17.0 Å². The van der Waals surface area contributed by atoms with Crippen LogP contribution in [-0.4, -0.2) is 17.8 Å². The van der Waals surface area contributed by atoms with Crippen LogP contribution < -0.4 is 4.90 Å². The molecule has 5 heteroatoms. The SMILES string of the molecule is Cc1cc(Cl)cc(CN2COC(=O)c3ccccc32)c1O. The highest BCUT2D eigenvalue weighted by atomic mass is 35.5. The van der Waals surface area contributed by atoms with Crippen molar-refractivity contribution in [3.63, 3.8) is 0 Å². The van der Waals surface area contributed by atoms with Gasteiger partial charge in [0.1, 0.15) is 5.75 Å². The molecule has 0 spiro atoms. The first-order valence-corrected chi connectivity index (χ1v) is 6.93. The van der Waals surface area contributed by atoms with Gasteiger partial charge in [0.25, 0.3) is 0 Å². The molecule has 108 valence electrons. The Morgan fingerprint density at radius 3 is 2.90 bits per heavy atom. The standard InChI is InChI=1S/C16H14ClNO3/c1-10-6-12(17)7-11(15(10)19)8-18-9-21-16(20)13-4-2-3-5-14(13)18/h2-7,19H,8-9H2,1H3. The molecule has 0 bridgehead atoms. The van der Waals surface area contributed by atoms with E-state index >= 15 is 0 Å². The molecule has 4 nitrogen and oxygen atoms in total. The molecule has 1 heterocycles. The van der Waals surface area contributed by atoms with Crippen LogP contribution in [0.3, 0.4) is 0 Å². The maximum atomic E-state index is 11.7. The van der Waals surface area contributed by atoms with Gasteiger partial charge in [0.2, 0.25) is 0 Å². The zero-order valence-electron chi connectivity index (χ0n) is 11.5. The van der Waals surface area contributed by atoms with Gasteiger partial charge in [-0.15, -0.1) is 0 Å². The number of esters is 1. The summed E-state index contributed by atoms with van der Waals surface area (Å²) in [7, 11) is 0. The van der Waals surface area contributed by atoms with Crippen LogP contribution in [0.25, 0.3) is 0 Å². The zero-order chi connectivity index (χ0) is 15.0. The topological polar surface area (TPSA) is 49.8 Å². The number of carbonyl (C=O) groups excluding carboxylic acids is 1. The number of cyclic esters (lactones) is 1. The number of hydrogen-bond acceptors (Lipinski definition) is 4. The number of nitrogens with zero attached hydrogens (tertiary/aromatic N) is 1. The molecule has 1 aliphatic rings. The number of ether oxygens (including phenoxy) is 1. The van der Waals surface area contributed by atoms with Gasteiger partial charge in [-0.1, -0.05) is 23.7 Å². The van der Waals surface area contributed by atoms with Crippen molar-refractivity contribution in [2.75, 3.05) is 11.6 Å². The van der Waals surface area contributed by atoms with Crippen molar-refractivity contribution in [2.45, 2.75) is 13.5 Å². The summed E-state index contributed by atoms with van der Waals surface area (Å²) < 4.78 is 5.16. The first kappa shape index (κ1) is 13.8. The molecule has 0 aromatic heterocycles. The van der Waals surface area contributed by atoms with Gasteiger partial charge in [-0.3, -0.25) is 0 Å². The van der Waals surface area contributed by atoms with E-state index in [-0.39, 0.29) is 18.4 Å². The van der Waals surface area contributed by atoms with Crippen molar-refractivity contribution in [1.29, 1.82) is 0 Å². The Morgan fingerprint density at radius 2 is 2.10 bits per heavy atom. The van der Waals surface area contributed by atoms with E-state index < -0.39 is 0 Å². The predicted octanol–water partition coefficient (Wildman–Crippen LogP) is 3.49. The average Bonchev–Trinajstić information content (AvgIpc) is 2.47. The van der Waals surface area contributed by atoms with Gasteiger partial charge >= 0.3 is 5.97 Å². The molecule has 1 aliphatic heterocycles. The van der Waals surface area contributed by atoms with Crippen molar-refractivity contribution in [2.24, 2.45) is 0 Å². The summed E-state index contributed by atoms with van der Waals surface area (Å²) >= 11 is 6.05. The highest BCUT2D eigenvalue weighted by Crippen LogP contribution is 2.31. The van der Waals surface area contributed by atoms with Crippen LogP contribution >= 0.6 is 11.6 Å². The van der Waals surface area contributed by atoms with Crippen LogP contribution in [0.2, 0.25) is 5.02 Å². The van der Waals surface area contributed by atoms with Crippen molar-refractivity contribution in [3.8, 4) is 5.75 Å². The Kier molecular flexibility index (Phi) is 3.47. The van der Waals surface area contributed by atoms with Gasteiger partial charge in [-0.2, -0.15) is 0 Å². The number of hydrogen-bond donors (Lipinski definition) is 1. The Bertz CT molecular complexity index is 715. The van der Waals surface area contributed by atoms with Crippen molar-refractivity contribution in [1.82, 2.24) is 0 Å². The lowest BCUT2D eigenvalue weighted by molar-refractivity contribution is 0.0478. The summed E-state index contributed by atoms with van der Waals surface area (Å²) in [5.41, 5.74) is 2.75. The fourth-order valence-electron chi connectivity index (χ4n) is 2.47. The number of para-hydroxylation sites is 1. The largest absolute Gasteiger partial charge is 0.507 e. The first-order valence-electron chi connectivity index (χ1n) is 6.55. The third-order valence-electron chi connectivity index (χ3n) is 3.52. The Balaban J connectivity index is 1.97. The number of phenolic OH excluding ortho intramolecular Hbond substituents is 1. The molecule has 0 saturated heterocycles. The minimum absolute atomic E-state index is 0.154. The van der Waals surface area contributed by atoms with Crippen LogP contribution in [0.5, 0.6) is 5.75 Å². The van der Waals surface area contributed by atoms with E-state index in [0.717, 1.165) is 11.3 Å². The molecule has 2 aromatic carbocycles. The second-order valence-electron chi connectivity index (χ2n) is 5.01. The molecular weight excluding hydrogens is 290 g/mol. The number of benzene rings is 2. The van der Waals surface area contributed by atoms with Crippen molar-refractivity contribution in [3.05, 3.63) is 58.1 Å². The van der Waals surface area contributed by atoms with E-state index in [4.69, 9.17) is 16.3 Å². The van der Waals surface area contributed by atoms with Crippen LogP contribution in [0.15, 0.2) is 36.4 Å². The number of rotatable bonds is 2. The normalized spacial score (nSPS) is 13.8. The molecule has 0 atom stereocenters. The fraction of sp³-hybridized carbons (Fsp3) is 0.188. The van der Waals surface area contributed by atoms with Crippen LogP contribution in [0.1, 0.15) is 21.5 Å². The number of phenols is 1. The molecular formula is C16H14ClNO3. The maximum Gasteiger partial charge on any atom is 0.341 e. The molecule has 0 unspecified atom stereocenters. The smallest absolute Gasteiger partial charge is 0.341 e. The molecule has 0 amide bonds. The third-order valence-corrected chi connectivity index (χ3v) is 3.74. The number of fused-ring (bicyclic) bond motifs is 1. The number of anilines is 1. The first-order chi connectivity index (χ1) is 10.1. The average molecular weight is 304 g/mol. The zero-order valence-corrected chi connectivity index (χ0v) is 12.2. The van der Waals surface area contributed by atoms with Gasteiger partial charge in [0.15, 0.2) is 6.73 Å². The van der Waals surface area contributed by atoms with Crippen LogP contribution in [-0.2, 0) is 11.3 Å². The summed E-state index contributed by atoms with van der Waals surface area (Å²) in [4.78, 5) is 13.6. The number of aromatic hydroxyl groups is 1. The van der Waals surface area contributed by atoms with Gasteiger partial charge in [0.05, 0.1) is 11.3 Å². The number of carbonyl (C=O) groups is 1. The van der Waals surface area contributed by atoms with E-state index in [1.165, 1.54) is 0 Å². The maximum absolute atomic E-state index is 11.7. The summed E-state index contributed by atoms with van der Waals surface area (Å²) in [5, 5.41) is 10.7. The minimum Gasteiger partial charge on any atom is -0.507 e. The predicted molar refractivity (Wildman–Crippen MR) is 80.8 cm³/mol. The van der Waals surface area contributed by atoms with Gasteiger partial charge in [-0.25, -0.2) is 4.79 Å². The highest BCUT2D eigenvalue weighted by Gasteiger charge is 2.24. The third kappa shape index (κ3) is 2.54. The lowest BCUT2D eigenvalue weighted by Gasteiger charge is -2.30. The van der Waals surface area contributed by atoms with Crippen LogP contribution in [0, 0.1) is 6.92 Å². The fourth-order valence-corrected chi connectivity index (χ4v) is 2.76. The van der Waals surface area contributed by atoms with E-state index in [9.17, 15) is 9.90 Å². The Hall–Kier alpha value is -2.20. The minimum atomic E-state index is -0.326. The Labute approximate surface area is 127 Å². The van der Waals surface area contributed by atoms with Crippen molar-refractivity contribution >= 4 is 23.3 Å².